The van der Waals surface area contributed by atoms with Gasteiger partial charge in [-0.1, -0.05) is 54.2 Å². The van der Waals surface area contributed by atoms with E-state index in [1.807, 2.05) is 66.7 Å². The van der Waals surface area contributed by atoms with Crippen molar-refractivity contribution in [1.29, 1.82) is 0 Å². The third-order valence-electron chi connectivity index (χ3n) is 5.66. The second-order valence-electron chi connectivity index (χ2n) is 7.81. The molecule has 9 heteroatoms. The zero-order valence-electron chi connectivity index (χ0n) is 18.0. The molecule has 6 rings (SSSR count). The van der Waals surface area contributed by atoms with E-state index in [9.17, 15) is 4.79 Å². The zero-order valence-corrected chi connectivity index (χ0v) is 18.8. The third-order valence-corrected chi connectivity index (χ3v) is 6.58. The van der Waals surface area contributed by atoms with Gasteiger partial charge in [-0.3, -0.25) is 9.78 Å². The van der Waals surface area contributed by atoms with Gasteiger partial charge in [-0.25, -0.2) is 15.0 Å². The van der Waals surface area contributed by atoms with E-state index in [1.165, 1.54) is 11.8 Å². The van der Waals surface area contributed by atoms with Gasteiger partial charge in [0.1, 0.15) is 0 Å². The Bertz CT molecular complexity index is 1520. The molecule has 1 amide bonds. The van der Waals surface area contributed by atoms with Crippen molar-refractivity contribution in [2.24, 2.45) is 5.10 Å². The minimum atomic E-state index is -0.0811. The number of rotatable bonds is 5. The smallest absolute Gasteiger partial charge is 0.253 e. The van der Waals surface area contributed by atoms with E-state index < -0.39 is 0 Å². The van der Waals surface area contributed by atoms with Crippen molar-refractivity contribution in [3.63, 3.8) is 0 Å². The molecule has 0 bridgehead atoms. The first-order chi connectivity index (χ1) is 16.8. The van der Waals surface area contributed by atoms with Gasteiger partial charge < -0.3 is 0 Å². The highest BCUT2D eigenvalue weighted by molar-refractivity contribution is 7.99. The van der Waals surface area contributed by atoms with E-state index in [0.717, 1.165) is 22.0 Å². The lowest BCUT2D eigenvalue weighted by atomic mass is 10.0. The van der Waals surface area contributed by atoms with Crippen LogP contribution in [0.4, 0.5) is 0 Å². The van der Waals surface area contributed by atoms with Gasteiger partial charge in [-0.2, -0.15) is 9.62 Å². The summed E-state index contributed by atoms with van der Waals surface area (Å²) in [5.41, 5.74) is 3.39. The summed E-state index contributed by atoms with van der Waals surface area (Å²) in [7, 11) is 0. The number of nitrogens with zero attached hydrogens (tertiary/aromatic N) is 7. The molecule has 0 saturated heterocycles. The number of benzene rings is 2. The van der Waals surface area contributed by atoms with Gasteiger partial charge in [-0.05, 0) is 29.8 Å². The molecule has 2 aromatic carbocycles. The molecule has 0 unspecified atom stereocenters. The molecule has 0 fully saturated rings. The minimum absolute atomic E-state index is 0.0803. The molecule has 8 nitrogen and oxygen atoms in total. The van der Waals surface area contributed by atoms with Crippen LogP contribution < -0.4 is 0 Å². The first-order valence-electron chi connectivity index (χ1n) is 10.9. The number of carbonyl (C=O) groups is 1. The number of hydrogen-bond donors (Lipinski definition) is 0. The third kappa shape index (κ3) is 3.69. The first kappa shape index (κ1) is 20.5. The van der Waals surface area contributed by atoms with Gasteiger partial charge in [0, 0.05) is 36.0 Å². The molecule has 0 spiro atoms. The van der Waals surface area contributed by atoms with Crippen LogP contribution in [0.3, 0.4) is 0 Å². The molecule has 0 aliphatic carbocycles. The van der Waals surface area contributed by atoms with Gasteiger partial charge in [0.2, 0.25) is 0 Å². The molecule has 0 N–H and O–H groups in total. The summed E-state index contributed by atoms with van der Waals surface area (Å²) in [5.74, 6) is 0.666. The van der Waals surface area contributed by atoms with Crippen LogP contribution in [0.5, 0.6) is 0 Å². The Morgan fingerprint density at radius 1 is 1.00 bits per heavy atom. The number of fused-ring (bicyclic) bond motifs is 3. The maximum absolute atomic E-state index is 13.1. The minimum Gasteiger partial charge on any atom is -0.272 e. The zero-order chi connectivity index (χ0) is 22.9. The predicted molar refractivity (Wildman–Crippen MR) is 131 cm³/mol. The molecule has 4 heterocycles. The Morgan fingerprint density at radius 3 is 2.71 bits per heavy atom. The van der Waals surface area contributed by atoms with Crippen LogP contribution in [0.15, 0.2) is 89.4 Å². The molecule has 34 heavy (non-hydrogen) atoms. The highest BCUT2D eigenvalue weighted by Crippen LogP contribution is 2.30. The Balaban J connectivity index is 1.32. The summed E-state index contributed by atoms with van der Waals surface area (Å²) in [6.45, 7) is 0. The van der Waals surface area contributed by atoms with E-state index >= 15 is 0 Å². The Kier molecular flexibility index (Phi) is 5.23. The molecule has 5 aromatic rings. The molecular weight excluding hydrogens is 446 g/mol. The molecule has 166 valence electrons. The van der Waals surface area contributed by atoms with Crippen LogP contribution in [0.1, 0.15) is 18.0 Å². The topological polar surface area (TPSA) is 88.6 Å². The molecule has 0 radical (unpaired) electrons. The Morgan fingerprint density at radius 2 is 1.85 bits per heavy atom. The van der Waals surface area contributed by atoms with Crippen molar-refractivity contribution in [2.45, 2.75) is 17.6 Å². The molecule has 1 aliphatic heterocycles. The van der Waals surface area contributed by atoms with Crippen LogP contribution in [0.2, 0.25) is 0 Å². The van der Waals surface area contributed by atoms with Gasteiger partial charge in [0.05, 0.1) is 17.3 Å². The lowest BCUT2D eigenvalue weighted by molar-refractivity contribution is -0.130. The van der Waals surface area contributed by atoms with Crippen molar-refractivity contribution >= 4 is 40.4 Å². The second-order valence-corrected chi connectivity index (χ2v) is 8.75. The van der Waals surface area contributed by atoms with E-state index in [1.54, 1.807) is 28.1 Å². The maximum atomic E-state index is 13.1. The normalized spacial score (nSPS) is 15.4. The second kappa shape index (κ2) is 8.68. The van der Waals surface area contributed by atoms with Crippen LogP contribution in [-0.4, -0.2) is 47.4 Å². The van der Waals surface area contributed by atoms with Gasteiger partial charge in [0.25, 0.3) is 5.91 Å². The number of amides is 1. The maximum Gasteiger partial charge on any atom is 0.253 e. The number of pyridine rings is 1. The standard InChI is InChI=1S/C25H19N7OS/c33-22(31-21(12-14-27-31)17-7-2-1-3-8-17)16-34-25-28-20-11-5-4-10-19(20)24-29-23(30-32(24)25)18-9-6-13-26-15-18/h1-11,13-15,21H,12,16H2/t21-/m1/s1. The summed E-state index contributed by atoms with van der Waals surface area (Å²) in [4.78, 5) is 26.9. The molecule has 3 aromatic heterocycles. The fourth-order valence-corrected chi connectivity index (χ4v) is 4.84. The van der Waals surface area contributed by atoms with Crippen molar-refractivity contribution in [3.8, 4) is 11.4 Å². The number of para-hydroxylation sites is 1. The molecule has 0 saturated carbocycles. The average molecular weight is 466 g/mol. The van der Waals surface area contributed by atoms with Crippen molar-refractivity contribution in [1.82, 2.24) is 29.6 Å². The predicted octanol–water partition coefficient (Wildman–Crippen LogP) is 4.39. The summed E-state index contributed by atoms with van der Waals surface area (Å²) >= 11 is 1.33. The van der Waals surface area contributed by atoms with Crippen LogP contribution in [0.25, 0.3) is 27.9 Å². The van der Waals surface area contributed by atoms with Gasteiger partial charge >= 0.3 is 0 Å². The van der Waals surface area contributed by atoms with E-state index in [2.05, 4.69) is 10.1 Å². The summed E-state index contributed by atoms with van der Waals surface area (Å²) in [6, 6.07) is 21.5. The highest BCUT2D eigenvalue weighted by Gasteiger charge is 2.28. The number of hydrazone groups is 1. The highest BCUT2D eigenvalue weighted by atomic mass is 32.2. The Labute approximate surface area is 199 Å². The Hall–Kier alpha value is -4.11. The fraction of sp³-hybridized carbons (Fsp3) is 0.120. The summed E-state index contributed by atoms with van der Waals surface area (Å²) < 4.78 is 1.71. The monoisotopic (exact) mass is 465 g/mol. The average Bonchev–Trinajstić information content (AvgIpc) is 3.57. The van der Waals surface area contributed by atoms with E-state index in [0.29, 0.717) is 23.0 Å². The first-order valence-corrected chi connectivity index (χ1v) is 11.8. The van der Waals surface area contributed by atoms with Crippen molar-refractivity contribution in [3.05, 3.63) is 84.7 Å². The summed E-state index contributed by atoms with van der Waals surface area (Å²) in [5, 5.41) is 12.1. The fourth-order valence-electron chi connectivity index (χ4n) is 4.04. The number of aromatic nitrogens is 5. The lowest BCUT2D eigenvalue weighted by Gasteiger charge is -2.22. The SMILES string of the molecule is O=C(CSc1nc2ccccc2c2nc(-c3cccnc3)nn12)N1N=CC[C@@H]1c1ccccc1. The summed E-state index contributed by atoms with van der Waals surface area (Å²) in [6.07, 6.45) is 5.95. The largest absolute Gasteiger partial charge is 0.272 e. The molecular formula is C25H19N7OS. The van der Waals surface area contributed by atoms with Crippen molar-refractivity contribution in [2.75, 3.05) is 5.75 Å². The molecule has 1 atom stereocenters. The van der Waals surface area contributed by atoms with Crippen molar-refractivity contribution < 1.29 is 4.79 Å². The van der Waals surface area contributed by atoms with Crippen LogP contribution in [-0.2, 0) is 4.79 Å². The molecule has 1 aliphatic rings. The van der Waals surface area contributed by atoms with Crippen LogP contribution in [0, 0.1) is 0 Å². The quantitative estimate of drug-likeness (QED) is 0.283. The number of hydrogen-bond acceptors (Lipinski definition) is 7. The van der Waals surface area contributed by atoms with E-state index in [-0.39, 0.29) is 17.7 Å². The van der Waals surface area contributed by atoms with E-state index in [4.69, 9.17) is 15.1 Å². The lowest BCUT2D eigenvalue weighted by Crippen LogP contribution is -2.28. The van der Waals surface area contributed by atoms with Gasteiger partial charge in [-0.15, -0.1) is 5.10 Å². The number of thioether (sulfide) groups is 1. The van der Waals surface area contributed by atoms with Crippen LogP contribution >= 0.6 is 11.8 Å². The van der Waals surface area contributed by atoms with Gasteiger partial charge in [0.15, 0.2) is 16.6 Å². The number of carbonyl (C=O) groups excluding carboxylic acids is 1.